The van der Waals surface area contributed by atoms with Gasteiger partial charge in [-0.05, 0) is 49.1 Å². The van der Waals surface area contributed by atoms with Crippen LogP contribution in [0.25, 0.3) is 11.0 Å². The number of fused-ring (bicyclic) bond motifs is 1. The van der Waals surface area contributed by atoms with Gasteiger partial charge in [0.05, 0.1) is 36.4 Å². The highest BCUT2D eigenvalue weighted by Crippen LogP contribution is 2.25. The molecular weight excluding hydrogens is 448 g/mol. The van der Waals surface area contributed by atoms with E-state index in [0.29, 0.717) is 13.2 Å². The molecule has 0 saturated carbocycles. The fraction of sp³-hybridized carbons (Fsp3) is 0.321. The summed E-state index contributed by atoms with van der Waals surface area (Å²) in [7, 11) is 0. The standard InChI is InChI=1S/C28H32N2O3.ClH/c1-4-26(22-13-6-5-7-14-22)32-18-23(31)17-30-25-16-9-8-15-24(25)29-27(30)19-33-28-20(2)11-10-12-21(28)3;/h5-16,23,26,31H,4,17-19H2,1-3H3;1H. The first-order valence-electron chi connectivity index (χ1n) is 11.5. The van der Waals surface area contributed by atoms with Gasteiger partial charge in [-0.2, -0.15) is 0 Å². The van der Waals surface area contributed by atoms with Crippen molar-refractivity contribution in [2.75, 3.05) is 6.61 Å². The summed E-state index contributed by atoms with van der Waals surface area (Å²) in [6, 6.07) is 24.2. The maximum atomic E-state index is 10.9. The summed E-state index contributed by atoms with van der Waals surface area (Å²) in [6.45, 7) is 7.15. The molecular formula is C28H33ClN2O3. The van der Waals surface area contributed by atoms with Crippen LogP contribution in [0.5, 0.6) is 5.75 Å². The number of aromatic nitrogens is 2. The minimum absolute atomic E-state index is 0. The molecule has 1 aromatic heterocycles. The zero-order chi connectivity index (χ0) is 23.2. The number of imidazole rings is 1. The van der Waals surface area contributed by atoms with Crippen molar-refractivity contribution >= 4 is 23.4 Å². The van der Waals surface area contributed by atoms with Crippen LogP contribution >= 0.6 is 12.4 Å². The third-order valence-corrected chi connectivity index (χ3v) is 5.91. The lowest BCUT2D eigenvalue weighted by atomic mass is 10.1. The van der Waals surface area contributed by atoms with Gasteiger partial charge in [-0.3, -0.25) is 0 Å². The molecule has 1 N–H and O–H groups in total. The molecule has 0 fully saturated rings. The summed E-state index contributed by atoms with van der Waals surface area (Å²) in [5.41, 5.74) is 5.19. The molecule has 0 radical (unpaired) electrons. The van der Waals surface area contributed by atoms with Crippen molar-refractivity contribution in [2.24, 2.45) is 0 Å². The molecule has 6 heteroatoms. The van der Waals surface area contributed by atoms with E-state index >= 15 is 0 Å². The normalized spacial score (nSPS) is 12.8. The molecule has 4 rings (SSSR count). The Labute approximate surface area is 207 Å². The Morgan fingerprint density at radius 3 is 2.29 bits per heavy atom. The van der Waals surface area contributed by atoms with Crippen LogP contribution in [0.3, 0.4) is 0 Å². The van der Waals surface area contributed by atoms with Crippen molar-refractivity contribution in [3.8, 4) is 5.75 Å². The fourth-order valence-corrected chi connectivity index (χ4v) is 4.21. The van der Waals surface area contributed by atoms with E-state index in [2.05, 4.69) is 19.1 Å². The Bertz CT molecular complexity index is 1170. The second-order valence-corrected chi connectivity index (χ2v) is 8.43. The molecule has 0 saturated heterocycles. The average Bonchev–Trinajstić information content (AvgIpc) is 3.17. The molecule has 2 unspecified atom stereocenters. The first-order valence-corrected chi connectivity index (χ1v) is 11.5. The number of halogens is 1. The zero-order valence-electron chi connectivity index (χ0n) is 20.0. The van der Waals surface area contributed by atoms with Gasteiger partial charge in [0.2, 0.25) is 0 Å². The van der Waals surface area contributed by atoms with Crippen LogP contribution < -0.4 is 4.74 Å². The number of nitrogens with zero attached hydrogens (tertiary/aromatic N) is 2. The number of hydrogen-bond donors (Lipinski definition) is 1. The van der Waals surface area contributed by atoms with Crippen LogP contribution in [0.2, 0.25) is 0 Å². The molecule has 0 amide bonds. The lowest BCUT2D eigenvalue weighted by molar-refractivity contribution is -0.0176. The maximum Gasteiger partial charge on any atom is 0.148 e. The number of aliphatic hydroxyl groups is 1. The van der Waals surface area contributed by atoms with E-state index in [4.69, 9.17) is 14.5 Å². The van der Waals surface area contributed by atoms with Crippen LogP contribution in [-0.2, 0) is 17.9 Å². The number of hydrogen-bond acceptors (Lipinski definition) is 4. The van der Waals surface area contributed by atoms with Gasteiger partial charge >= 0.3 is 0 Å². The number of benzene rings is 3. The van der Waals surface area contributed by atoms with Crippen molar-refractivity contribution in [1.29, 1.82) is 0 Å². The molecule has 0 bridgehead atoms. The molecule has 0 aliphatic rings. The van der Waals surface area contributed by atoms with Crippen LogP contribution in [0.4, 0.5) is 0 Å². The zero-order valence-corrected chi connectivity index (χ0v) is 20.8. The molecule has 0 aliphatic heterocycles. The van der Waals surface area contributed by atoms with Gasteiger partial charge in [-0.15, -0.1) is 12.4 Å². The Kier molecular flexibility index (Phi) is 9.11. The largest absolute Gasteiger partial charge is 0.485 e. The second-order valence-electron chi connectivity index (χ2n) is 8.43. The molecule has 180 valence electrons. The van der Waals surface area contributed by atoms with Crippen LogP contribution in [0.1, 0.15) is 42.0 Å². The Morgan fingerprint density at radius 1 is 0.912 bits per heavy atom. The van der Waals surface area contributed by atoms with Gasteiger partial charge in [0, 0.05) is 0 Å². The lowest BCUT2D eigenvalue weighted by Crippen LogP contribution is -2.24. The van der Waals surface area contributed by atoms with E-state index in [1.807, 2.05) is 79.1 Å². The quantitative estimate of drug-likeness (QED) is 0.294. The maximum absolute atomic E-state index is 10.9. The van der Waals surface area contributed by atoms with Crippen molar-refractivity contribution in [2.45, 2.75) is 52.6 Å². The van der Waals surface area contributed by atoms with Gasteiger partial charge < -0.3 is 19.1 Å². The van der Waals surface area contributed by atoms with E-state index in [9.17, 15) is 5.11 Å². The third-order valence-electron chi connectivity index (χ3n) is 5.91. The molecule has 34 heavy (non-hydrogen) atoms. The first kappa shape index (κ1) is 25.8. The SMILES string of the molecule is CCC(OCC(O)Cn1c(COc2c(C)cccc2C)nc2ccccc21)c1ccccc1.Cl. The van der Waals surface area contributed by atoms with E-state index < -0.39 is 6.10 Å². The van der Waals surface area contributed by atoms with E-state index in [1.165, 1.54) is 0 Å². The van der Waals surface area contributed by atoms with Crippen LogP contribution in [0.15, 0.2) is 72.8 Å². The first-order chi connectivity index (χ1) is 16.1. The highest BCUT2D eigenvalue weighted by molar-refractivity contribution is 5.85. The number of para-hydroxylation sites is 3. The summed E-state index contributed by atoms with van der Waals surface area (Å²) in [6.07, 6.45) is 0.145. The minimum Gasteiger partial charge on any atom is -0.485 e. The van der Waals surface area contributed by atoms with Crippen molar-refractivity contribution in [3.05, 3.63) is 95.3 Å². The smallest absolute Gasteiger partial charge is 0.148 e. The minimum atomic E-state index is -0.667. The lowest BCUT2D eigenvalue weighted by Gasteiger charge is -2.20. The molecule has 1 heterocycles. The third kappa shape index (κ3) is 5.98. The van der Waals surface area contributed by atoms with Gasteiger partial charge in [0.25, 0.3) is 0 Å². The summed E-state index contributed by atoms with van der Waals surface area (Å²) in [4.78, 5) is 4.79. The second kappa shape index (κ2) is 12.0. The molecule has 0 spiro atoms. The van der Waals surface area contributed by atoms with Crippen molar-refractivity contribution in [1.82, 2.24) is 9.55 Å². The predicted molar refractivity (Wildman–Crippen MR) is 139 cm³/mol. The topological polar surface area (TPSA) is 56.5 Å². The Balaban J connectivity index is 0.00000324. The highest BCUT2D eigenvalue weighted by atomic mass is 35.5. The molecule has 4 aromatic rings. The van der Waals surface area contributed by atoms with E-state index in [0.717, 1.165) is 45.7 Å². The Hall–Kier alpha value is -2.86. The summed E-state index contributed by atoms with van der Waals surface area (Å²) < 4.78 is 14.3. The van der Waals surface area contributed by atoms with Gasteiger partial charge in [-0.1, -0.05) is 67.6 Å². The van der Waals surface area contributed by atoms with Crippen molar-refractivity contribution in [3.63, 3.8) is 0 Å². The van der Waals surface area contributed by atoms with Crippen LogP contribution in [0, 0.1) is 13.8 Å². The fourth-order valence-electron chi connectivity index (χ4n) is 4.21. The average molecular weight is 481 g/mol. The summed E-state index contributed by atoms with van der Waals surface area (Å²) in [5.74, 6) is 1.67. The molecule has 3 aromatic carbocycles. The number of rotatable bonds is 10. The predicted octanol–water partition coefficient (Wildman–Crippen LogP) is 6.18. The molecule has 5 nitrogen and oxygen atoms in total. The number of aryl methyl sites for hydroxylation is 2. The van der Waals surface area contributed by atoms with E-state index in [1.54, 1.807) is 0 Å². The number of ether oxygens (including phenoxy) is 2. The van der Waals surface area contributed by atoms with E-state index in [-0.39, 0.29) is 25.1 Å². The van der Waals surface area contributed by atoms with Gasteiger partial charge in [-0.25, -0.2) is 4.98 Å². The van der Waals surface area contributed by atoms with Crippen LogP contribution in [-0.4, -0.2) is 27.4 Å². The van der Waals surface area contributed by atoms with Gasteiger partial charge in [0.15, 0.2) is 0 Å². The number of aliphatic hydroxyl groups excluding tert-OH is 1. The highest BCUT2D eigenvalue weighted by Gasteiger charge is 2.18. The Morgan fingerprint density at radius 2 is 1.59 bits per heavy atom. The molecule has 0 aliphatic carbocycles. The summed E-state index contributed by atoms with van der Waals surface area (Å²) in [5, 5.41) is 10.9. The van der Waals surface area contributed by atoms with Crippen molar-refractivity contribution < 1.29 is 14.6 Å². The summed E-state index contributed by atoms with van der Waals surface area (Å²) >= 11 is 0. The van der Waals surface area contributed by atoms with Gasteiger partial charge in [0.1, 0.15) is 18.2 Å². The molecule has 2 atom stereocenters. The monoisotopic (exact) mass is 480 g/mol.